The van der Waals surface area contributed by atoms with Gasteiger partial charge in [0.2, 0.25) is 0 Å². The van der Waals surface area contributed by atoms with Crippen molar-refractivity contribution < 1.29 is 9.90 Å². The highest BCUT2D eigenvalue weighted by molar-refractivity contribution is 7.15. The van der Waals surface area contributed by atoms with Gasteiger partial charge in [-0.1, -0.05) is 37.5 Å². The number of aryl methyl sites for hydroxylation is 3. The maximum atomic E-state index is 11.9. The van der Waals surface area contributed by atoms with Gasteiger partial charge < -0.3 is 9.67 Å². The number of thiazole rings is 1. The van der Waals surface area contributed by atoms with Crippen molar-refractivity contribution in [3.63, 3.8) is 0 Å². The van der Waals surface area contributed by atoms with Crippen LogP contribution < -0.4 is 0 Å². The molecule has 7 rings (SSSR count). The van der Waals surface area contributed by atoms with Crippen molar-refractivity contribution >= 4 is 39.1 Å². The van der Waals surface area contributed by atoms with Crippen LogP contribution in [0.3, 0.4) is 0 Å². The van der Waals surface area contributed by atoms with Crippen LogP contribution in [0.15, 0.2) is 66.9 Å². The summed E-state index contributed by atoms with van der Waals surface area (Å²) in [6, 6.07) is 20.3. The molecule has 6 aromatic rings. The quantitative estimate of drug-likeness (QED) is 0.223. The Balaban J connectivity index is 1.40. The lowest BCUT2D eigenvalue weighted by atomic mass is 9.81. The Kier molecular flexibility index (Phi) is 6.62. The number of carboxylic acid groups (broad SMARTS) is 1. The van der Waals surface area contributed by atoms with Gasteiger partial charge in [0.15, 0.2) is 0 Å². The molecular weight excluding hydrogens is 540 g/mol. The van der Waals surface area contributed by atoms with Gasteiger partial charge in [0.1, 0.15) is 0 Å². The molecule has 7 heteroatoms. The van der Waals surface area contributed by atoms with E-state index in [0.717, 1.165) is 78.6 Å². The van der Waals surface area contributed by atoms with Crippen LogP contribution >= 0.6 is 11.3 Å². The van der Waals surface area contributed by atoms with Crippen molar-refractivity contribution in [2.75, 3.05) is 0 Å². The predicted octanol–water partition coefficient (Wildman–Crippen LogP) is 9.04. The Morgan fingerprint density at radius 3 is 2.48 bits per heavy atom. The third-order valence-electron chi connectivity index (χ3n) is 8.56. The third-order valence-corrected chi connectivity index (χ3v) is 9.65. The standard InChI is InChI=1S/C35H32N4O2S/c1-20-17-25-9-10-27(35(40)41)19-31(25)39(20)30-15-16-36-33(32(30)23-7-5-4-6-8-23)26-12-13-28-24(18-26)11-14-29(38-28)34-21(2)37-22(3)42-34/h9-19,23H,4-8H2,1-3H3,(H,40,41). The van der Waals surface area contributed by atoms with Crippen LogP contribution in [-0.2, 0) is 0 Å². The first kappa shape index (κ1) is 26.5. The topological polar surface area (TPSA) is 80.9 Å². The number of aromatic nitrogens is 4. The van der Waals surface area contributed by atoms with E-state index in [1.807, 2.05) is 26.1 Å². The summed E-state index contributed by atoms with van der Waals surface area (Å²) < 4.78 is 2.23. The summed E-state index contributed by atoms with van der Waals surface area (Å²) in [6.45, 7) is 6.16. The number of carbonyl (C=O) groups is 1. The second kappa shape index (κ2) is 10.5. The number of hydrogen-bond donors (Lipinski definition) is 1. The fourth-order valence-electron chi connectivity index (χ4n) is 6.64. The van der Waals surface area contributed by atoms with Crippen LogP contribution in [0, 0.1) is 20.8 Å². The van der Waals surface area contributed by atoms with Gasteiger partial charge in [0.05, 0.1) is 49.3 Å². The summed E-state index contributed by atoms with van der Waals surface area (Å²) in [7, 11) is 0. The Morgan fingerprint density at radius 2 is 1.71 bits per heavy atom. The van der Waals surface area contributed by atoms with Crippen molar-refractivity contribution in [3.8, 4) is 27.5 Å². The molecule has 6 nitrogen and oxygen atoms in total. The second-order valence-electron chi connectivity index (χ2n) is 11.4. The molecule has 0 bridgehead atoms. The molecule has 210 valence electrons. The van der Waals surface area contributed by atoms with Gasteiger partial charge in [-0.15, -0.1) is 11.3 Å². The van der Waals surface area contributed by atoms with Gasteiger partial charge in [-0.2, -0.15) is 0 Å². The van der Waals surface area contributed by atoms with Gasteiger partial charge >= 0.3 is 5.97 Å². The van der Waals surface area contributed by atoms with E-state index in [2.05, 4.69) is 58.9 Å². The number of fused-ring (bicyclic) bond motifs is 2. The minimum absolute atomic E-state index is 0.292. The molecule has 0 unspecified atom stereocenters. The number of hydrogen-bond acceptors (Lipinski definition) is 5. The average molecular weight is 573 g/mol. The van der Waals surface area contributed by atoms with E-state index in [1.165, 1.54) is 24.8 Å². The summed E-state index contributed by atoms with van der Waals surface area (Å²) in [5.74, 6) is -0.538. The number of benzene rings is 2. The first-order valence-electron chi connectivity index (χ1n) is 14.6. The zero-order chi connectivity index (χ0) is 29.0. The lowest BCUT2D eigenvalue weighted by Crippen LogP contribution is -2.12. The molecule has 0 atom stereocenters. The van der Waals surface area contributed by atoms with Crippen molar-refractivity contribution in [2.45, 2.75) is 58.8 Å². The van der Waals surface area contributed by atoms with Crippen LogP contribution in [-0.4, -0.2) is 30.6 Å². The van der Waals surface area contributed by atoms with Crippen molar-refractivity contribution in [3.05, 3.63) is 94.4 Å². The SMILES string of the molecule is Cc1nc(C)c(-c2ccc3cc(-c4nccc(-n5c(C)cc6ccc(C(=O)O)cc65)c4C4CCCCC4)ccc3n2)s1. The van der Waals surface area contributed by atoms with E-state index >= 15 is 0 Å². The van der Waals surface area contributed by atoms with Crippen molar-refractivity contribution in [1.82, 2.24) is 19.5 Å². The molecule has 0 saturated heterocycles. The zero-order valence-corrected chi connectivity index (χ0v) is 24.8. The van der Waals surface area contributed by atoms with E-state index in [1.54, 1.807) is 23.5 Å². The first-order chi connectivity index (χ1) is 20.4. The molecular formula is C35H32N4O2S. The average Bonchev–Trinajstić information content (AvgIpc) is 3.52. The largest absolute Gasteiger partial charge is 0.478 e. The monoisotopic (exact) mass is 572 g/mol. The molecule has 1 N–H and O–H groups in total. The van der Waals surface area contributed by atoms with E-state index in [0.29, 0.717) is 11.5 Å². The van der Waals surface area contributed by atoms with E-state index in [9.17, 15) is 9.90 Å². The number of aromatic carboxylic acids is 1. The fraction of sp³-hybridized carbons (Fsp3) is 0.257. The Morgan fingerprint density at radius 1 is 0.905 bits per heavy atom. The molecule has 0 aliphatic heterocycles. The fourth-order valence-corrected chi connectivity index (χ4v) is 7.53. The smallest absolute Gasteiger partial charge is 0.335 e. The highest BCUT2D eigenvalue weighted by atomic mass is 32.1. The minimum Gasteiger partial charge on any atom is -0.478 e. The molecule has 42 heavy (non-hydrogen) atoms. The normalized spacial score (nSPS) is 14.2. The number of nitrogens with zero attached hydrogens (tertiary/aromatic N) is 4. The number of pyridine rings is 2. The van der Waals surface area contributed by atoms with E-state index in [-0.39, 0.29) is 0 Å². The molecule has 4 heterocycles. The molecule has 0 radical (unpaired) electrons. The van der Waals surface area contributed by atoms with Crippen molar-refractivity contribution in [1.29, 1.82) is 0 Å². The summed E-state index contributed by atoms with van der Waals surface area (Å²) in [5.41, 5.74) is 9.60. The highest BCUT2D eigenvalue weighted by Gasteiger charge is 2.26. The maximum Gasteiger partial charge on any atom is 0.335 e. The maximum absolute atomic E-state index is 11.9. The first-order valence-corrected chi connectivity index (χ1v) is 15.4. The summed E-state index contributed by atoms with van der Waals surface area (Å²) >= 11 is 1.68. The Bertz CT molecular complexity index is 2000. The highest BCUT2D eigenvalue weighted by Crippen LogP contribution is 2.42. The van der Waals surface area contributed by atoms with Crippen LogP contribution in [0.2, 0.25) is 0 Å². The Labute approximate surface area is 248 Å². The lowest BCUT2D eigenvalue weighted by molar-refractivity contribution is 0.0697. The van der Waals surface area contributed by atoms with E-state index in [4.69, 9.17) is 9.97 Å². The number of rotatable bonds is 5. The summed E-state index contributed by atoms with van der Waals surface area (Å²) in [5, 5.41) is 12.9. The summed E-state index contributed by atoms with van der Waals surface area (Å²) in [4.78, 5) is 27.5. The summed E-state index contributed by atoms with van der Waals surface area (Å²) in [6.07, 6.45) is 7.80. The predicted molar refractivity (Wildman–Crippen MR) is 170 cm³/mol. The molecule has 0 amide bonds. The van der Waals surface area contributed by atoms with Crippen LogP contribution in [0.4, 0.5) is 0 Å². The molecule has 2 aromatic carbocycles. The van der Waals surface area contributed by atoms with Crippen LogP contribution in [0.25, 0.3) is 49.3 Å². The third kappa shape index (κ3) is 4.58. The van der Waals surface area contributed by atoms with Crippen LogP contribution in [0.5, 0.6) is 0 Å². The molecule has 1 saturated carbocycles. The van der Waals surface area contributed by atoms with Gasteiger partial charge in [-0.3, -0.25) is 4.98 Å². The van der Waals surface area contributed by atoms with Gasteiger partial charge in [0, 0.05) is 33.8 Å². The molecule has 4 aromatic heterocycles. The van der Waals surface area contributed by atoms with Gasteiger partial charge in [-0.05, 0) is 82.0 Å². The van der Waals surface area contributed by atoms with Crippen molar-refractivity contribution in [2.24, 2.45) is 0 Å². The Hall–Kier alpha value is -4.36. The minimum atomic E-state index is -0.918. The molecule has 1 aliphatic carbocycles. The molecule has 0 spiro atoms. The second-order valence-corrected chi connectivity index (χ2v) is 12.6. The molecule has 1 fully saturated rings. The van der Waals surface area contributed by atoms with Gasteiger partial charge in [-0.25, -0.2) is 14.8 Å². The number of carboxylic acids is 1. The van der Waals surface area contributed by atoms with E-state index < -0.39 is 5.97 Å². The molecule has 1 aliphatic rings. The van der Waals surface area contributed by atoms with Gasteiger partial charge in [0.25, 0.3) is 0 Å². The zero-order valence-electron chi connectivity index (χ0n) is 24.0. The lowest BCUT2D eigenvalue weighted by Gasteiger charge is -2.27. The van der Waals surface area contributed by atoms with Crippen LogP contribution in [0.1, 0.15) is 70.3 Å².